The Bertz CT molecular complexity index is 472. The van der Waals surface area contributed by atoms with E-state index in [4.69, 9.17) is 5.73 Å². The molecule has 4 nitrogen and oxygen atoms in total. The molecule has 3 atom stereocenters. The summed E-state index contributed by atoms with van der Waals surface area (Å²) in [6.45, 7) is 6.40. The number of carbonyl (C=O) groups is 1. The Labute approximate surface area is 114 Å². The maximum atomic E-state index is 12.2. The number of nitrogens with one attached hydrogen (secondary N) is 1. The molecule has 1 heterocycles. The van der Waals surface area contributed by atoms with Gasteiger partial charge >= 0.3 is 0 Å². The second kappa shape index (κ2) is 5.59. The van der Waals surface area contributed by atoms with Gasteiger partial charge in [0.2, 0.25) is 0 Å². The van der Waals surface area contributed by atoms with Gasteiger partial charge in [0.15, 0.2) is 0 Å². The smallest absolute Gasteiger partial charge is 0.255 e. The number of carbonyl (C=O) groups excluding carboxylic acids is 1. The molecule has 4 heteroatoms. The summed E-state index contributed by atoms with van der Waals surface area (Å²) in [5.41, 5.74) is 7.69. The van der Waals surface area contributed by atoms with Crippen LogP contribution in [0.2, 0.25) is 0 Å². The van der Waals surface area contributed by atoms with Crippen molar-refractivity contribution in [3.05, 3.63) is 23.5 Å². The van der Waals surface area contributed by atoms with Gasteiger partial charge in [0.25, 0.3) is 5.91 Å². The van der Waals surface area contributed by atoms with E-state index in [1.165, 1.54) is 6.42 Å². The van der Waals surface area contributed by atoms with Gasteiger partial charge in [0.05, 0.1) is 5.56 Å². The summed E-state index contributed by atoms with van der Waals surface area (Å²) in [5.74, 6) is 1.31. The van der Waals surface area contributed by atoms with E-state index in [1.807, 2.05) is 6.92 Å². The molecule has 2 rings (SSSR count). The molecule has 0 spiro atoms. The normalized spacial score (nSPS) is 27.0. The number of nitrogens with zero attached hydrogens (tertiary/aromatic N) is 1. The van der Waals surface area contributed by atoms with Crippen molar-refractivity contribution in [2.75, 3.05) is 5.73 Å². The van der Waals surface area contributed by atoms with Crippen molar-refractivity contribution in [2.24, 2.45) is 11.8 Å². The summed E-state index contributed by atoms with van der Waals surface area (Å²) < 4.78 is 0. The Morgan fingerprint density at radius 3 is 2.74 bits per heavy atom. The molecule has 0 radical (unpaired) electrons. The van der Waals surface area contributed by atoms with Crippen molar-refractivity contribution >= 4 is 11.6 Å². The van der Waals surface area contributed by atoms with E-state index in [0.29, 0.717) is 17.2 Å². The summed E-state index contributed by atoms with van der Waals surface area (Å²) in [4.78, 5) is 16.3. The van der Waals surface area contributed by atoms with Crippen LogP contribution in [-0.4, -0.2) is 16.9 Å². The lowest BCUT2D eigenvalue weighted by atomic mass is 9.79. The third-order valence-electron chi connectivity index (χ3n) is 4.25. The molecule has 1 aliphatic carbocycles. The van der Waals surface area contributed by atoms with E-state index in [2.05, 4.69) is 24.1 Å². The molecule has 1 saturated carbocycles. The molecule has 0 aromatic carbocycles. The zero-order chi connectivity index (χ0) is 14.0. The first-order valence-corrected chi connectivity index (χ1v) is 7.00. The fourth-order valence-electron chi connectivity index (χ4n) is 2.71. The maximum Gasteiger partial charge on any atom is 0.255 e. The Kier molecular flexibility index (Phi) is 4.08. The van der Waals surface area contributed by atoms with Gasteiger partial charge in [-0.1, -0.05) is 13.8 Å². The fourth-order valence-corrected chi connectivity index (χ4v) is 2.71. The zero-order valence-corrected chi connectivity index (χ0v) is 11.9. The molecule has 3 N–H and O–H groups in total. The lowest BCUT2D eigenvalue weighted by molar-refractivity contribution is 0.0911. The first-order chi connectivity index (χ1) is 8.97. The van der Waals surface area contributed by atoms with E-state index in [1.54, 1.807) is 12.3 Å². The number of anilines is 1. The molecule has 0 saturated heterocycles. The van der Waals surface area contributed by atoms with Gasteiger partial charge in [0, 0.05) is 23.6 Å². The summed E-state index contributed by atoms with van der Waals surface area (Å²) in [7, 11) is 0. The van der Waals surface area contributed by atoms with Gasteiger partial charge < -0.3 is 11.1 Å². The zero-order valence-electron chi connectivity index (χ0n) is 11.9. The number of aromatic nitrogens is 1. The molecule has 1 aromatic heterocycles. The van der Waals surface area contributed by atoms with Crippen LogP contribution in [0.3, 0.4) is 0 Å². The molecule has 104 valence electrons. The third-order valence-corrected chi connectivity index (χ3v) is 4.25. The van der Waals surface area contributed by atoms with Crippen molar-refractivity contribution < 1.29 is 4.79 Å². The summed E-state index contributed by atoms with van der Waals surface area (Å²) in [6.07, 6.45) is 4.84. The van der Waals surface area contributed by atoms with Crippen LogP contribution in [0, 0.1) is 18.8 Å². The quantitative estimate of drug-likeness (QED) is 0.859. The predicted molar refractivity (Wildman–Crippen MR) is 76.8 cm³/mol. The van der Waals surface area contributed by atoms with E-state index >= 15 is 0 Å². The van der Waals surface area contributed by atoms with Gasteiger partial charge in [-0.25, -0.2) is 0 Å². The van der Waals surface area contributed by atoms with Crippen LogP contribution in [0.4, 0.5) is 5.69 Å². The maximum absolute atomic E-state index is 12.2. The minimum Gasteiger partial charge on any atom is -0.398 e. The average molecular weight is 261 g/mol. The third kappa shape index (κ3) is 3.25. The number of pyridine rings is 1. The van der Waals surface area contributed by atoms with E-state index in [9.17, 15) is 4.79 Å². The monoisotopic (exact) mass is 261 g/mol. The molecule has 0 bridgehead atoms. The van der Waals surface area contributed by atoms with Gasteiger partial charge in [-0.3, -0.25) is 9.78 Å². The Morgan fingerprint density at radius 1 is 1.37 bits per heavy atom. The van der Waals surface area contributed by atoms with Gasteiger partial charge in [-0.2, -0.15) is 0 Å². The Morgan fingerprint density at radius 2 is 2.11 bits per heavy atom. The molecule has 0 aliphatic heterocycles. The van der Waals surface area contributed by atoms with E-state index < -0.39 is 0 Å². The molecule has 3 unspecified atom stereocenters. The minimum absolute atomic E-state index is 0.100. The van der Waals surface area contributed by atoms with Crippen LogP contribution in [-0.2, 0) is 0 Å². The van der Waals surface area contributed by atoms with E-state index in [-0.39, 0.29) is 11.9 Å². The van der Waals surface area contributed by atoms with Crippen molar-refractivity contribution in [3.8, 4) is 0 Å². The molecular formula is C15H23N3O. The molecule has 1 amide bonds. The molecular weight excluding hydrogens is 238 g/mol. The van der Waals surface area contributed by atoms with Gasteiger partial charge in [-0.15, -0.1) is 0 Å². The van der Waals surface area contributed by atoms with Gasteiger partial charge in [-0.05, 0) is 44.1 Å². The number of nitrogen functional groups attached to an aromatic ring is 1. The van der Waals surface area contributed by atoms with Crippen molar-refractivity contribution in [1.29, 1.82) is 0 Å². The Hall–Kier alpha value is -1.58. The molecule has 19 heavy (non-hydrogen) atoms. The standard InChI is InChI=1S/C15H23N3O/c1-9-4-5-12(6-10(9)2)18-15(19)13-8-17-11(3)7-14(13)16/h7-10,12H,4-6H2,1-3H3,(H2,16,17)(H,18,19). The largest absolute Gasteiger partial charge is 0.398 e. The summed E-state index contributed by atoms with van der Waals surface area (Å²) in [6, 6.07) is 2.00. The van der Waals surface area contributed by atoms with Crippen molar-refractivity contribution in [2.45, 2.75) is 46.1 Å². The average Bonchev–Trinajstić information content (AvgIpc) is 2.33. The Balaban J connectivity index is 2.01. The minimum atomic E-state index is -0.100. The van der Waals surface area contributed by atoms with Gasteiger partial charge in [0.1, 0.15) is 0 Å². The lowest BCUT2D eigenvalue weighted by Gasteiger charge is -2.32. The van der Waals surface area contributed by atoms with Crippen LogP contribution >= 0.6 is 0 Å². The summed E-state index contributed by atoms with van der Waals surface area (Å²) >= 11 is 0. The molecule has 1 aromatic rings. The SMILES string of the molecule is Cc1cc(N)c(C(=O)NC2CCC(C)C(C)C2)cn1. The highest BCUT2D eigenvalue weighted by atomic mass is 16.1. The first-order valence-electron chi connectivity index (χ1n) is 7.00. The fraction of sp³-hybridized carbons (Fsp3) is 0.600. The number of aryl methyl sites for hydroxylation is 1. The summed E-state index contributed by atoms with van der Waals surface area (Å²) in [5, 5.41) is 3.09. The number of amides is 1. The van der Waals surface area contributed by atoms with E-state index in [0.717, 1.165) is 24.5 Å². The highest BCUT2D eigenvalue weighted by Gasteiger charge is 2.26. The molecule has 1 fully saturated rings. The lowest BCUT2D eigenvalue weighted by Crippen LogP contribution is -2.40. The van der Waals surface area contributed by atoms with Crippen LogP contribution < -0.4 is 11.1 Å². The first kappa shape index (κ1) is 13.8. The van der Waals surface area contributed by atoms with Crippen LogP contribution in [0.1, 0.15) is 49.2 Å². The van der Waals surface area contributed by atoms with Crippen LogP contribution in [0.25, 0.3) is 0 Å². The van der Waals surface area contributed by atoms with Crippen molar-refractivity contribution in [1.82, 2.24) is 10.3 Å². The number of rotatable bonds is 2. The highest BCUT2D eigenvalue weighted by Crippen LogP contribution is 2.29. The van der Waals surface area contributed by atoms with Crippen molar-refractivity contribution in [3.63, 3.8) is 0 Å². The second-order valence-electron chi connectivity index (χ2n) is 5.85. The van der Waals surface area contributed by atoms with Crippen LogP contribution in [0.15, 0.2) is 12.3 Å². The molecule has 1 aliphatic rings. The topological polar surface area (TPSA) is 68.0 Å². The van der Waals surface area contributed by atoms with Crippen LogP contribution in [0.5, 0.6) is 0 Å². The number of hydrogen-bond donors (Lipinski definition) is 2. The number of nitrogens with two attached hydrogens (primary N) is 1. The predicted octanol–water partition coefficient (Wildman–Crippen LogP) is 2.53. The number of hydrogen-bond acceptors (Lipinski definition) is 3. The highest BCUT2D eigenvalue weighted by molar-refractivity contribution is 5.98. The second-order valence-corrected chi connectivity index (χ2v) is 5.85.